The molecule has 0 saturated carbocycles. The van der Waals surface area contributed by atoms with Crippen LogP contribution in [0.4, 0.5) is 39.2 Å². The van der Waals surface area contributed by atoms with Gasteiger partial charge in [-0.15, -0.1) is 0 Å². The second kappa shape index (κ2) is 42.1. The third kappa shape index (κ3) is 22.3. The molecule has 3 saturated heterocycles. The van der Waals surface area contributed by atoms with Gasteiger partial charge < -0.3 is 82.2 Å². The lowest BCUT2D eigenvalue weighted by atomic mass is 9.92. The van der Waals surface area contributed by atoms with Crippen LogP contribution in [0.2, 0.25) is 0 Å². The molecule has 3 fully saturated rings. The van der Waals surface area contributed by atoms with Crippen LogP contribution in [0.3, 0.4) is 0 Å². The van der Waals surface area contributed by atoms with Crippen LogP contribution in [-0.2, 0) is 86.4 Å². The number of carbonyl (C=O) groups is 6. The zero-order chi connectivity index (χ0) is 84.6. The first kappa shape index (κ1) is 88.2. The Morgan fingerprint density at radius 1 is 0.602 bits per heavy atom. The van der Waals surface area contributed by atoms with Gasteiger partial charge in [-0.05, 0) is 156 Å². The van der Waals surface area contributed by atoms with Crippen molar-refractivity contribution in [2.24, 2.45) is 33.2 Å². The standard InChI is InChI=1S/C47H61N7O10.C36H41N7O5.2CO2/c1-8-22-63-46(57)54-37-27-39(38(58-5)26-35(37)47(59-6,60-7)30-53-21-11-9-14-36(53)45(54)64-42-16-10-12-23-62-42)61-24-13-15-41(55)49-40-29-52(4)43(50-40)44(56)48-34-19-17-32(18-20-34)33-25-31(2)51(3)28-33;1-23-16-25(20-41(23)2)24-10-12-26(13-11-24)38-36(46)35-40-33(22-42(35)3)39-34(45)9-7-15-48-32-18-29-28(17-31(32)47-4)30(44)21-43-14-6-5-8-27(43)19-37-29;2*2-1-3/h8,17-20,25-29,36,42,45H,1,9-16,21-24,30H2,2-7H3,(H,48,56)(H,49,55);10-13,16-20,22,27H,5-9,14-15,21H2,1-4H3,(H,38,46)(H,39,45);;/t36-,42?,45-;27-;;/m00../s1. The van der Waals surface area contributed by atoms with Crippen molar-refractivity contribution in [3.05, 3.63) is 157 Å². The number of benzene rings is 4. The Morgan fingerprint density at radius 3 is 1.62 bits per heavy atom. The van der Waals surface area contributed by atoms with Crippen LogP contribution in [0.25, 0.3) is 22.3 Å². The lowest BCUT2D eigenvalue weighted by Crippen LogP contribution is -2.62. The summed E-state index contributed by atoms with van der Waals surface area (Å²) in [5.41, 5.74) is 9.84. The van der Waals surface area contributed by atoms with E-state index in [4.69, 9.17) is 61.8 Å². The fraction of sp³-hybridized carbons (Fsp3) is 0.424. The fourth-order valence-corrected chi connectivity index (χ4v) is 14.7. The van der Waals surface area contributed by atoms with Gasteiger partial charge in [0.1, 0.15) is 6.61 Å². The summed E-state index contributed by atoms with van der Waals surface area (Å²) >= 11 is 0. The van der Waals surface area contributed by atoms with Crippen LogP contribution in [0.15, 0.2) is 127 Å². The van der Waals surface area contributed by atoms with E-state index in [2.05, 4.69) is 93.2 Å². The van der Waals surface area contributed by atoms with E-state index in [0.717, 1.165) is 98.1 Å². The number of imidazole rings is 2. The number of aryl methyl sites for hydroxylation is 6. The zero-order valence-electron chi connectivity index (χ0n) is 68.1. The van der Waals surface area contributed by atoms with E-state index in [9.17, 15) is 28.8 Å². The first-order valence-electron chi connectivity index (χ1n) is 38.9. The van der Waals surface area contributed by atoms with Crippen molar-refractivity contribution in [3.63, 3.8) is 0 Å². The third-order valence-electron chi connectivity index (χ3n) is 21.0. The van der Waals surface area contributed by atoms with Gasteiger partial charge in [0.25, 0.3) is 11.8 Å². The van der Waals surface area contributed by atoms with Gasteiger partial charge in [0, 0.05) is 145 Å². The van der Waals surface area contributed by atoms with Crippen molar-refractivity contribution in [1.82, 2.24) is 38.0 Å². The van der Waals surface area contributed by atoms with Gasteiger partial charge in [-0.2, -0.15) is 19.2 Å². The first-order valence-corrected chi connectivity index (χ1v) is 38.9. The van der Waals surface area contributed by atoms with Gasteiger partial charge in [0.2, 0.25) is 29.3 Å². The lowest BCUT2D eigenvalue weighted by Gasteiger charge is -2.50. The number of aromatic nitrogens is 6. The molecule has 1 unspecified atom stereocenters. The summed E-state index contributed by atoms with van der Waals surface area (Å²) in [6.45, 7) is 11.1. The van der Waals surface area contributed by atoms with E-state index in [1.165, 1.54) is 25.2 Å². The molecule has 13 rings (SSSR count). The van der Waals surface area contributed by atoms with E-state index in [0.29, 0.717) is 95.8 Å². The largest absolute Gasteiger partial charge is 0.493 e. The number of rotatable bonds is 26. The minimum Gasteiger partial charge on any atom is -0.493 e. The molecule has 0 bridgehead atoms. The molecule has 4 N–H and O–H groups in total. The topological polar surface area (TPSA) is 369 Å². The summed E-state index contributed by atoms with van der Waals surface area (Å²) < 4.78 is 62.0. The summed E-state index contributed by atoms with van der Waals surface area (Å²) in [5, 5.41) is 11.3. The number of fused-ring (bicyclic) bond motifs is 4. The highest BCUT2D eigenvalue weighted by atomic mass is 16.7. The molecule has 4 atom stereocenters. The molecule has 118 heavy (non-hydrogen) atoms. The predicted molar refractivity (Wildman–Crippen MR) is 435 cm³/mol. The molecule has 9 heterocycles. The van der Waals surface area contributed by atoms with E-state index >= 15 is 0 Å². The molecule has 626 valence electrons. The number of aliphatic imine (C=N–C) groups is 1. The number of carbonyl (C=O) groups excluding carboxylic acids is 10. The van der Waals surface area contributed by atoms with Crippen LogP contribution >= 0.6 is 0 Å². The van der Waals surface area contributed by atoms with Crippen LogP contribution in [0, 0.1) is 13.8 Å². The van der Waals surface area contributed by atoms with Gasteiger partial charge in [0.15, 0.2) is 52.9 Å². The number of nitrogens with one attached hydrogen (secondary N) is 4. The fourth-order valence-electron chi connectivity index (χ4n) is 14.7. The summed E-state index contributed by atoms with van der Waals surface area (Å²) in [7, 11) is 13.6. The molecule has 33 heteroatoms. The van der Waals surface area contributed by atoms with Gasteiger partial charge in [-0.3, -0.25) is 38.8 Å². The molecule has 0 spiro atoms. The summed E-state index contributed by atoms with van der Waals surface area (Å²) in [4.78, 5) is 131. The molecular formula is C85H102N14O19. The van der Waals surface area contributed by atoms with Crippen LogP contribution in [0.5, 0.6) is 23.0 Å². The molecule has 8 aromatic rings. The Balaban J connectivity index is 0.000000241. The summed E-state index contributed by atoms with van der Waals surface area (Å²) in [5.74, 6) is -0.254. The second-order valence-electron chi connectivity index (χ2n) is 28.8. The summed E-state index contributed by atoms with van der Waals surface area (Å²) in [6.07, 6.45) is 18.7. The minimum absolute atomic E-state index is 0.0120. The average molecular weight is 1620 g/mol. The van der Waals surface area contributed by atoms with Gasteiger partial charge in [0.05, 0.1) is 57.9 Å². The maximum Gasteiger partial charge on any atom is 0.416 e. The van der Waals surface area contributed by atoms with E-state index in [1.54, 1.807) is 74.1 Å². The highest BCUT2D eigenvalue weighted by molar-refractivity contribution is 6.05. The van der Waals surface area contributed by atoms with E-state index in [-0.39, 0.29) is 104 Å². The van der Waals surface area contributed by atoms with Crippen LogP contribution < -0.4 is 45.1 Å². The predicted octanol–water partition coefficient (Wildman–Crippen LogP) is 11.5. The number of anilines is 5. The average Bonchev–Trinajstić information content (AvgIpc) is 1.03. The van der Waals surface area contributed by atoms with E-state index < -0.39 is 30.3 Å². The molecule has 0 radical (unpaired) electrons. The molecule has 4 aromatic carbocycles. The van der Waals surface area contributed by atoms with Crippen molar-refractivity contribution < 1.29 is 90.6 Å². The minimum atomic E-state index is -1.32. The first-order chi connectivity index (χ1) is 57.0. The van der Waals surface area contributed by atoms with Crippen molar-refractivity contribution in [2.75, 3.05) is 107 Å². The Bertz CT molecular complexity index is 4880. The molecular weight excluding hydrogens is 1520 g/mol. The Kier molecular flexibility index (Phi) is 31.5. The molecule has 33 nitrogen and oxygen atoms in total. The lowest BCUT2D eigenvalue weighted by molar-refractivity contribution is -0.243. The Hall–Kier alpha value is -12.2. The van der Waals surface area contributed by atoms with Crippen LogP contribution in [0.1, 0.15) is 132 Å². The Morgan fingerprint density at radius 2 is 1.12 bits per heavy atom. The molecule has 5 amide bonds. The summed E-state index contributed by atoms with van der Waals surface area (Å²) in [6, 6.07) is 26.2. The highest BCUT2D eigenvalue weighted by Crippen LogP contribution is 2.47. The SMILES string of the molecule is C=CCOC(=O)N1c2cc(OCCCC(=O)Nc3cn(C)c(C(=O)Nc4ccc(-c5cc(C)n(C)c5)cc4)n3)c(OC)cc2C(OC)(OC)CN2CCCC[C@H]2[C@@H]1OC1CCCCO1.COc1cc2c(cc1OCCCC(=O)Nc1cn(C)c(C(=O)Nc3ccc(-c4cc(C)n(C)c4)cc3)n1)N=C[C@@H]1CCCCN1CC2=O.O=C=O.O=C=O. The van der Waals surface area contributed by atoms with E-state index in [1.807, 2.05) is 75.8 Å². The van der Waals surface area contributed by atoms with Crippen molar-refractivity contribution >= 4 is 88.4 Å². The zero-order valence-corrected chi connectivity index (χ0v) is 68.1. The van der Waals surface area contributed by atoms with Crippen molar-refractivity contribution in [1.29, 1.82) is 0 Å². The maximum atomic E-state index is 14.3. The quantitative estimate of drug-likeness (QED) is 0.0222. The number of piperidine rings is 2. The van der Waals surface area contributed by atoms with Crippen molar-refractivity contribution in [3.8, 4) is 45.3 Å². The number of hydrogen-bond donors (Lipinski definition) is 4. The number of ketones is 1. The highest BCUT2D eigenvalue weighted by Gasteiger charge is 2.50. The third-order valence-corrected chi connectivity index (χ3v) is 21.0. The monoisotopic (exact) mass is 1620 g/mol. The van der Waals surface area contributed by atoms with Crippen molar-refractivity contribution in [2.45, 2.75) is 128 Å². The Labute approximate surface area is 683 Å². The smallest absolute Gasteiger partial charge is 0.416 e. The number of methoxy groups -OCH3 is 4. The molecule has 5 aliphatic rings. The normalized spacial score (nSPS) is 17.3. The molecule has 5 aliphatic heterocycles. The molecule has 0 aliphatic carbocycles. The number of Topliss-reactive ketones (excluding diaryl/α,β-unsaturated/α-hetero) is 1. The second-order valence-corrected chi connectivity index (χ2v) is 28.8. The molecule has 4 aromatic heterocycles. The van der Waals surface area contributed by atoms with Gasteiger partial charge in [-0.25, -0.2) is 19.7 Å². The number of nitrogens with zero attached hydrogens (tertiary/aromatic N) is 10. The number of ether oxygens (including phenoxy) is 9. The number of hydrogen-bond acceptors (Lipinski definition) is 24. The maximum absolute atomic E-state index is 14.3. The number of amides is 5. The van der Waals surface area contributed by atoms with Crippen LogP contribution in [-0.4, -0.2) is 198 Å². The van der Waals surface area contributed by atoms with Gasteiger partial charge in [-0.1, -0.05) is 49.8 Å². The van der Waals surface area contributed by atoms with Gasteiger partial charge >= 0.3 is 18.4 Å².